The van der Waals surface area contributed by atoms with E-state index in [0.717, 1.165) is 42.4 Å². The number of nitrogens with zero attached hydrogens (tertiary/aromatic N) is 4. The van der Waals surface area contributed by atoms with Crippen LogP contribution in [0.1, 0.15) is 31.7 Å². The highest BCUT2D eigenvalue weighted by Crippen LogP contribution is 2.21. The van der Waals surface area contributed by atoms with E-state index in [0.29, 0.717) is 6.54 Å². The molecule has 2 aromatic heterocycles. The van der Waals surface area contributed by atoms with Crippen molar-refractivity contribution in [3.05, 3.63) is 30.1 Å². The number of anilines is 2. The Bertz CT molecular complexity index is 548. The van der Waals surface area contributed by atoms with Crippen LogP contribution in [0.4, 0.5) is 11.6 Å². The third kappa shape index (κ3) is 3.26. The molecule has 0 radical (unpaired) electrons. The van der Waals surface area contributed by atoms with Crippen LogP contribution in [0.25, 0.3) is 0 Å². The molecular weight excluding hydrogens is 252 g/mol. The molecule has 6 nitrogen and oxygen atoms in total. The summed E-state index contributed by atoms with van der Waals surface area (Å²) in [5.41, 5.74) is 1.14. The predicted molar refractivity (Wildman–Crippen MR) is 80.7 cm³/mol. The fourth-order valence-electron chi connectivity index (χ4n) is 2.10. The van der Waals surface area contributed by atoms with Gasteiger partial charge in [0.15, 0.2) is 0 Å². The maximum atomic E-state index is 4.37. The molecule has 2 rings (SSSR count). The highest BCUT2D eigenvalue weighted by molar-refractivity contribution is 5.57. The first-order valence-corrected chi connectivity index (χ1v) is 7.04. The molecule has 0 atom stereocenters. The van der Waals surface area contributed by atoms with Crippen LogP contribution in [0.3, 0.4) is 0 Å². The van der Waals surface area contributed by atoms with E-state index < -0.39 is 0 Å². The largest absolute Gasteiger partial charge is 0.370 e. The lowest BCUT2D eigenvalue weighted by molar-refractivity contribution is 0.807. The molecule has 0 saturated carbocycles. The molecule has 108 valence electrons. The summed E-state index contributed by atoms with van der Waals surface area (Å²) in [5, 5.41) is 6.66. The SMILES string of the molecule is CCCc1c(NCC)ncnc1NCc1nccn1C. The second-order valence-corrected chi connectivity index (χ2v) is 4.64. The summed E-state index contributed by atoms with van der Waals surface area (Å²) in [6.07, 6.45) is 7.34. The molecule has 0 amide bonds. The highest BCUT2D eigenvalue weighted by Gasteiger charge is 2.10. The summed E-state index contributed by atoms with van der Waals surface area (Å²) in [7, 11) is 1.99. The molecule has 20 heavy (non-hydrogen) atoms. The second-order valence-electron chi connectivity index (χ2n) is 4.64. The molecule has 2 N–H and O–H groups in total. The van der Waals surface area contributed by atoms with Crippen molar-refractivity contribution in [3.63, 3.8) is 0 Å². The van der Waals surface area contributed by atoms with Crippen molar-refractivity contribution < 1.29 is 0 Å². The zero-order valence-corrected chi connectivity index (χ0v) is 12.3. The number of aryl methyl sites for hydroxylation is 1. The van der Waals surface area contributed by atoms with E-state index in [4.69, 9.17) is 0 Å². The van der Waals surface area contributed by atoms with E-state index in [1.54, 1.807) is 12.5 Å². The van der Waals surface area contributed by atoms with Crippen LogP contribution in [0, 0.1) is 0 Å². The molecule has 2 aromatic rings. The predicted octanol–water partition coefficient (Wildman–Crippen LogP) is 2.21. The Morgan fingerprint density at radius 2 is 1.85 bits per heavy atom. The molecule has 2 heterocycles. The lowest BCUT2D eigenvalue weighted by atomic mass is 10.1. The smallest absolute Gasteiger partial charge is 0.135 e. The monoisotopic (exact) mass is 274 g/mol. The summed E-state index contributed by atoms with van der Waals surface area (Å²) in [6, 6.07) is 0. The summed E-state index contributed by atoms with van der Waals surface area (Å²) in [5.74, 6) is 2.79. The summed E-state index contributed by atoms with van der Waals surface area (Å²) in [4.78, 5) is 13.0. The van der Waals surface area contributed by atoms with Gasteiger partial charge in [0.25, 0.3) is 0 Å². The van der Waals surface area contributed by atoms with Crippen molar-refractivity contribution in [1.29, 1.82) is 0 Å². The Kier molecular flexibility index (Phi) is 4.92. The molecule has 0 spiro atoms. The second kappa shape index (κ2) is 6.88. The van der Waals surface area contributed by atoms with Crippen LogP contribution in [-0.2, 0) is 20.0 Å². The Hall–Kier alpha value is -2.11. The van der Waals surface area contributed by atoms with E-state index in [2.05, 4.69) is 39.4 Å². The normalized spacial score (nSPS) is 10.6. The van der Waals surface area contributed by atoms with Crippen LogP contribution in [0.15, 0.2) is 18.7 Å². The highest BCUT2D eigenvalue weighted by atomic mass is 15.1. The lowest BCUT2D eigenvalue weighted by Crippen LogP contribution is -2.12. The van der Waals surface area contributed by atoms with Crippen molar-refractivity contribution in [2.75, 3.05) is 17.2 Å². The molecule has 0 fully saturated rings. The summed E-state index contributed by atoms with van der Waals surface area (Å²) in [6.45, 7) is 5.74. The third-order valence-electron chi connectivity index (χ3n) is 3.12. The average molecular weight is 274 g/mol. The van der Waals surface area contributed by atoms with E-state index in [-0.39, 0.29) is 0 Å². The van der Waals surface area contributed by atoms with Crippen LogP contribution in [0.2, 0.25) is 0 Å². The van der Waals surface area contributed by atoms with Crippen LogP contribution in [0.5, 0.6) is 0 Å². The first-order chi connectivity index (χ1) is 9.76. The van der Waals surface area contributed by atoms with Crippen LogP contribution < -0.4 is 10.6 Å². The number of hydrogen-bond acceptors (Lipinski definition) is 5. The number of aromatic nitrogens is 4. The Morgan fingerprint density at radius 1 is 1.10 bits per heavy atom. The average Bonchev–Trinajstić information content (AvgIpc) is 2.85. The minimum atomic E-state index is 0.656. The van der Waals surface area contributed by atoms with Gasteiger partial charge in [-0.3, -0.25) is 0 Å². The minimum absolute atomic E-state index is 0.656. The van der Waals surface area contributed by atoms with Gasteiger partial charge in [-0.2, -0.15) is 0 Å². The first-order valence-electron chi connectivity index (χ1n) is 7.04. The Balaban J connectivity index is 2.17. The van der Waals surface area contributed by atoms with Gasteiger partial charge in [0.1, 0.15) is 23.8 Å². The lowest BCUT2D eigenvalue weighted by Gasteiger charge is -2.14. The quantitative estimate of drug-likeness (QED) is 0.810. The third-order valence-corrected chi connectivity index (χ3v) is 3.12. The van der Waals surface area contributed by atoms with Gasteiger partial charge in [-0.25, -0.2) is 15.0 Å². The molecule has 0 aliphatic carbocycles. The van der Waals surface area contributed by atoms with E-state index in [1.807, 2.05) is 17.8 Å². The first kappa shape index (κ1) is 14.3. The number of imidazole rings is 1. The fraction of sp³-hybridized carbons (Fsp3) is 0.500. The van der Waals surface area contributed by atoms with Gasteiger partial charge < -0.3 is 15.2 Å². The van der Waals surface area contributed by atoms with Gasteiger partial charge in [0.05, 0.1) is 6.54 Å². The standard InChI is InChI=1S/C14H22N6/c1-4-6-11-13(15-5-2)18-10-19-14(11)17-9-12-16-7-8-20(12)3/h7-8,10H,4-6,9H2,1-3H3,(H2,15,17,18,19). The maximum Gasteiger partial charge on any atom is 0.135 e. The van der Waals surface area contributed by atoms with Crippen LogP contribution >= 0.6 is 0 Å². The van der Waals surface area contributed by atoms with E-state index in [1.165, 1.54) is 0 Å². The van der Waals surface area contributed by atoms with Crippen molar-refractivity contribution in [1.82, 2.24) is 19.5 Å². The van der Waals surface area contributed by atoms with E-state index >= 15 is 0 Å². The van der Waals surface area contributed by atoms with E-state index in [9.17, 15) is 0 Å². The van der Waals surface area contributed by atoms with Gasteiger partial charge >= 0.3 is 0 Å². The van der Waals surface area contributed by atoms with Crippen molar-refractivity contribution >= 4 is 11.6 Å². The summed E-state index contributed by atoms with van der Waals surface area (Å²) < 4.78 is 2.00. The molecule has 6 heteroatoms. The number of hydrogen-bond donors (Lipinski definition) is 2. The van der Waals surface area contributed by atoms with Gasteiger partial charge in [-0.15, -0.1) is 0 Å². The van der Waals surface area contributed by atoms with Gasteiger partial charge in [-0.05, 0) is 13.3 Å². The molecule has 0 aliphatic heterocycles. The molecular formula is C14H22N6. The van der Waals surface area contributed by atoms with Gasteiger partial charge in [-0.1, -0.05) is 13.3 Å². The van der Waals surface area contributed by atoms with Crippen molar-refractivity contribution in [2.45, 2.75) is 33.2 Å². The molecule has 0 unspecified atom stereocenters. The number of nitrogens with one attached hydrogen (secondary N) is 2. The van der Waals surface area contributed by atoms with Gasteiger partial charge in [0.2, 0.25) is 0 Å². The van der Waals surface area contributed by atoms with Gasteiger partial charge in [0, 0.05) is 31.5 Å². The number of rotatable bonds is 7. The molecule has 0 bridgehead atoms. The zero-order valence-electron chi connectivity index (χ0n) is 12.3. The van der Waals surface area contributed by atoms with Crippen LogP contribution in [-0.4, -0.2) is 26.1 Å². The molecule has 0 aliphatic rings. The Labute approximate surface area is 119 Å². The van der Waals surface area contributed by atoms with Crippen molar-refractivity contribution in [3.8, 4) is 0 Å². The zero-order chi connectivity index (χ0) is 14.4. The minimum Gasteiger partial charge on any atom is -0.370 e. The topological polar surface area (TPSA) is 67.7 Å². The van der Waals surface area contributed by atoms with Crippen molar-refractivity contribution in [2.24, 2.45) is 7.05 Å². The molecule has 0 aromatic carbocycles. The molecule has 0 saturated heterocycles. The maximum absolute atomic E-state index is 4.37. The fourth-order valence-corrected chi connectivity index (χ4v) is 2.10. The summed E-state index contributed by atoms with van der Waals surface area (Å²) >= 11 is 0. The Morgan fingerprint density at radius 3 is 2.45 bits per heavy atom.